The molecule has 2 N–H and O–H groups in total. The molecule has 0 aliphatic carbocycles. The molecule has 1 aromatic carbocycles. The molecule has 1 atom stereocenters. The average molecular weight is 288 g/mol. The SMILES string of the molecule is Cc1ccccc1C(CN)N(Cc1cccs1)C(C)C. The number of hydrogen-bond acceptors (Lipinski definition) is 3. The maximum atomic E-state index is 6.10. The molecule has 2 rings (SSSR count). The van der Waals surface area contributed by atoms with Crippen molar-refractivity contribution in [3.63, 3.8) is 0 Å². The number of thiophene rings is 1. The molecule has 0 saturated carbocycles. The van der Waals surface area contributed by atoms with Crippen molar-refractivity contribution in [2.75, 3.05) is 6.54 Å². The van der Waals surface area contributed by atoms with Gasteiger partial charge in [0, 0.05) is 30.1 Å². The van der Waals surface area contributed by atoms with Crippen LogP contribution < -0.4 is 5.73 Å². The van der Waals surface area contributed by atoms with E-state index in [2.05, 4.69) is 67.4 Å². The minimum atomic E-state index is 0.276. The van der Waals surface area contributed by atoms with Gasteiger partial charge in [-0.2, -0.15) is 0 Å². The van der Waals surface area contributed by atoms with Crippen LogP contribution >= 0.6 is 11.3 Å². The molecule has 3 heteroatoms. The third-order valence-corrected chi connectivity index (χ3v) is 4.61. The summed E-state index contributed by atoms with van der Waals surface area (Å²) in [5.74, 6) is 0. The molecule has 0 aliphatic heterocycles. The Balaban J connectivity index is 2.28. The standard InChI is InChI=1S/C17H24N2S/c1-13(2)19(12-15-8-6-10-20-15)17(11-18)16-9-5-4-7-14(16)3/h4-10,13,17H,11-12,18H2,1-3H3. The Bertz CT molecular complexity index is 520. The number of aryl methyl sites for hydroxylation is 1. The summed E-state index contributed by atoms with van der Waals surface area (Å²) in [7, 11) is 0. The maximum absolute atomic E-state index is 6.10. The topological polar surface area (TPSA) is 29.3 Å². The first-order valence-corrected chi connectivity index (χ1v) is 8.05. The lowest BCUT2D eigenvalue weighted by atomic mass is 9.99. The second-order valence-corrected chi connectivity index (χ2v) is 6.49. The van der Waals surface area contributed by atoms with E-state index in [0.717, 1.165) is 6.54 Å². The van der Waals surface area contributed by atoms with E-state index >= 15 is 0 Å². The van der Waals surface area contributed by atoms with E-state index in [9.17, 15) is 0 Å². The molecule has 0 fully saturated rings. The molecule has 2 aromatic rings. The quantitative estimate of drug-likeness (QED) is 0.871. The second kappa shape index (κ2) is 7.02. The molecule has 1 unspecified atom stereocenters. The molecule has 0 spiro atoms. The van der Waals surface area contributed by atoms with Gasteiger partial charge in [-0.25, -0.2) is 0 Å². The first-order chi connectivity index (χ1) is 9.63. The van der Waals surface area contributed by atoms with Crippen LogP contribution in [0.5, 0.6) is 0 Å². The zero-order valence-electron chi connectivity index (χ0n) is 12.5. The van der Waals surface area contributed by atoms with Crippen LogP contribution in [0.15, 0.2) is 41.8 Å². The Morgan fingerprint density at radius 3 is 2.45 bits per heavy atom. The lowest BCUT2D eigenvalue weighted by molar-refractivity contribution is 0.149. The molecule has 0 aliphatic rings. The van der Waals surface area contributed by atoms with Gasteiger partial charge < -0.3 is 5.73 Å². The highest BCUT2D eigenvalue weighted by atomic mass is 32.1. The van der Waals surface area contributed by atoms with E-state index in [-0.39, 0.29) is 6.04 Å². The summed E-state index contributed by atoms with van der Waals surface area (Å²) in [5, 5.41) is 2.14. The van der Waals surface area contributed by atoms with Crippen LogP contribution in [0.25, 0.3) is 0 Å². The van der Waals surface area contributed by atoms with Crippen LogP contribution in [0.3, 0.4) is 0 Å². The lowest BCUT2D eigenvalue weighted by Gasteiger charge is -2.35. The number of hydrogen-bond donors (Lipinski definition) is 1. The van der Waals surface area contributed by atoms with Crippen molar-refractivity contribution in [3.05, 3.63) is 57.8 Å². The van der Waals surface area contributed by atoms with Gasteiger partial charge in [0.2, 0.25) is 0 Å². The van der Waals surface area contributed by atoms with E-state index in [0.29, 0.717) is 12.6 Å². The summed E-state index contributed by atoms with van der Waals surface area (Å²) in [5.41, 5.74) is 8.77. The predicted octanol–water partition coefficient (Wildman–Crippen LogP) is 3.97. The van der Waals surface area contributed by atoms with Gasteiger partial charge in [-0.3, -0.25) is 4.90 Å². The van der Waals surface area contributed by atoms with Crippen molar-refractivity contribution in [3.8, 4) is 0 Å². The summed E-state index contributed by atoms with van der Waals surface area (Å²) < 4.78 is 0. The number of nitrogens with zero attached hydrogens (tertiary/aromatic N) is 1. The van der Waals surface area contributed by atoms with Crippen LogP contribution in [0.2, 0.25) is 0 Å². The number of nitrogens with two attached hydrogens (primary N) is 1. The fraction of sp³-hybridized carbons (Fsp3) is 0.412. The zero-order valence-corrected chi connectivity index (χ0v) is 13.4. The van der Waals surface area contributed by atoms with Gasteiger partial charge in [0.25, 0.3) is 0 Å². The summed E-state index contributed by atoms with van der Waals surface area (Å²) in [6, 6.07) is 13.6. The molecular formula is C17H24N2S. The summed E-state index contributed by atoms with van der Waals surface area (Å²) in [6.45, 7) is 8.27. The third kappa shape index (κ3) is 3.48. The Labute approximate surface area is 126 Å². The van der Waals surface area contributed by atoms with E-state index in [4.69, 9.17) is 5.73 Å². The monoisotopic (exact) mass is 288 g/mol. The van der Waals surface area contributed by atoms with Crippen LogP contribution in [-0.4, -0.2) is 17.5 Å². The van der Waals surface area contributed by atoms with Crippen molar-refractivity contribution < 1.29 is 0 Å². The van der Waals surface area contributed by atoms with Gasteiger partial charge in [0.05, 0.1) is 0 Å². The van der Waals surface area contributed by atoms with Crippen molar-refractivity contribution in [2.45, 2.75) is 39.4 Å². The number of benzene rings is 1. The lowest BCUT2D eigenvalue weighted by Crippen LogP contribution is -2.38. The predicted molar refractivity (Wildman–Crippen MR) is 88.0 cm³/mol. The Hall–Kier alpha value is -1.16. The molecule has 0 amide bonds. The first kappa shape index (κ1) is 15.2. The molecule has 20 heavy (non-hydrogen) atoms. The molecule has 108 valence electrons. The first-order valence-electron chi connectivity index (χ1n) is 7.17. The van der Waals surface area contributed by atoms with Gasteiger partial charge in [-0.1, -0.05) is 30.3 Å². The number of rotatable bonds is 6. The van der Waals surface area contributed by atoms with E-state index in [1.807, 2.05) is 11.3 Å². The largest absolute Gasteiger partial charge is 0.329 e. The molecule has 0 saturated heterocycles. The average Bonchev–Trinajstić information content (AvgIpc) is 2.93. The Morgan fingerprint density at radius 2 is 1.90 bits per heavy atom. The van der Waals surface area contributed by atoms with Gasteiger partial charge in [0.15, 0.2) is 0 Å². The summed E-state index contributed by atoms with van der Waals surface area (Å²) in [6.07, 6.45) is 0. The van der Waals surface area contributed by atoms with Crippen molar-refractivity contribution in [1.82, 2.24) is 4.90 Å². The molecular weight excluding hydrogens is 264 g/mol. The van der Waals surface area contributed by atoms with Crippen molar-refractivity contribution >= 4 is 11.3 Å². The van der Waals surface area contributed by atoms with E-state index in [1.54, 1.807) is 0 Å². The highest BCUT2D eigenvalue weighted by molar-refractivity contribution is 7.09. The Morgan fingerprint density at radius 1 is 1.15 bits per heavy atom. The van der Waals surface area contributed by atoms with Crippen LogP contribution in [0.1, 0.15) is 35.9 Å². The third-order valence-electron chi connectivity index (χ3n) is 3.75. The maximum Gasteiger partial charge on any atom is 0.0479 e. The van der Waals surface area contributed by atoms with E-state index in [1.165, 1.54) is 16.0 Å². The van der Waals surface area contributed by atoms with Gasteiger partial charge in [-0.15, -0.1) is 11.3 Å². The normalized spacial score (nSPS) is 13.1. The fourth-order valence-corrected chi connectivity index (χ4v) is 3.35. The van der Waals surface area contributed by atoms with Crippen LogP contribution in [0, 0.1) is 6.92 Å². The minimum Gasteiger partial charge on any atom is -0.329 e. The minimum absolute atomic E-state index is 0.276. The van der Waals surface area contributed by atoms with Crippen LogP contribution in [0.4, 0.5) is 0 Å². The van der Waals surface area contributed by atoms with Gasteiger partial charge in [-0.05, 0) is 43.3 Å². The Kier molecular flexibility index (Phi) is 5.35. The van der Waals surface area contributed by atoms with Crippen molar-refractivity contribution in [2.24, 2.45) is 5.73 Å². The smallest absolute Gasteiger partial charge is 0.0479 e. The second-order valence-electron chi connectivity index (χ2n) is 5.45. The van der Waals surface area contributed by atoms with Gasteiger partial charge in [0.1, 0.15) is 0 Å². The van der Waals surface area contributed by atoms with Gasteiger partial charge >= 0.3 is 0 Å². The highest BCUT2D eigenvalue weighted by Gasteiger charge is 2.23. The molecule has 0 bridgehead atoms. The molecule has 1 heterocycles. The summed E-state index contributed by atoms with van der Waals surface area (Å²) >= 11 is 1.81. The highest BCUT2D eigenvalue weighted by Crippen LogP contribution is 2.27. The molecule has 1 aromatic heterocycles. The molecule has 0 radical (unpaired) electrons. The van der Waals surface area contributed by atoms with Crippen LogP contribution in [-0.2, 0) is 6.54 Å². The van der Waals surface area contributed by atoms with E-state index < -0.39 is 0 Å². The molecule has 2 nitrogen and oxygen atoms in total. The zero-order chi connectivity index (χ0) is 14.5. The summed E-state index contributed by atoms with van der Waals surface area (Å²) in [4.78, 5) is 3.89. The van der Waals surface area contributed by atoms with Crippen molar-refractivity contribution in [1.29, 1.82) is 0 Å². The fourth-order valence-electron chi connectivity index (χ4n) is 2.64.